The number of amides is 1. The maximum atomic E-state index is 11.8. The van der Waals surface area contributed by atoms with Crippen LogP contribution in [-0.4, -0.2) is 33.5 Å². The minimum Gasteiger partial charge on any atom is -0.493 e. The third-order valence-corrected chi connectivity index (χ3v) is 3.19. The number of hydrazone groups is 1. The van der Waals surface area contributed by atoms with Crippen LogP contribution in [-0.2, 0) is 11.3 Å². The zero-order chi connectivity index (χ0) is 17.4. The summed E-state index contributed by atoms with van der Waals surface area (Å²) in [7, 11) is 4.61. The fourth-order valence-corrected chi connectivity index (χ4v) is 2.10. The minimum absolute atomic E-state index is 0.188. The monoisotopic (exact) mass is 330 g/mol. The van der Waals surface area contributed by atoms with Crippen molar-refractivity contribution in [2.75, 3.05) is 21.3 Å². The van der Waals surface area contributed by atoms with Gasteiger partial charge in [0.1, 0.15) is 0 Å². The number of hydrogen-bond donors (Lipinski definition) is 1. The number of nitrogens with zero attached hydrogens (tertiary/aromatic N) is 2. The Kier molecular flexibility index (Phi) is 6.13. The van der Waals surface area contributed by atoms with Crippen LogP contribution in [0.2, 0.25) is 0 Å². The van der Waals surface area contributed by atoms with Crippen molar-refractivity contribution in [3.63, 3.8) is 0 Å². The van der Waals surface area contributed by atoms with Crippen LogP contribution < -0.4 is 24.2 Å². The summed E-state index contributed by atoms with van der Waals surface area (Å²) in [6.45, 7) is 0.188. The Labute approximate surface area is 140 Å². The molecule has 0 radical (unpaired) electrons. The Hall–Kier alpha value is -3.09. The highest BCUT2D eigenvalue weighted by atomic mass is 16.5. The molecule has 1 aromatic heterocycles. The van der Waals surface area contributed by atoms with Crippen molar-refractivity contribution in [3.05, 3.63) is 48.3 Å². The van der Waals surface area contributed by atoms with Gasteiger partial charge in [-0.1, -0.05) is 6.07 Å². The van der Waals surface area contributed by atoms with E-state index in [1.807, 2.05) is 30.6 Å². The van der Waals surface area contributed by atoms with E-state index in [-0.39, 0.29) is 12.5 Å². The first-order valence-corrected chi connectivity index (χ1v) is 7.24. The van der Waals surface area contributed by atoms with Gasteiger partial charge < -0.3 is 14.2 Å². The number of benzene rings is 1. The molecule has 1 aromatic carbocycles. The molecule has 0 aliphatic carbocycles. The zero-order valence-corrected chi connectivity index (χ0v) is 13.9. The van der Waals surface area contributed by atoms with Gasteiger partial charge in [0, 0.05) is 17.7 Å². The summed E-state index contributed by atoms with van der Waals surface area (Å²) in [5, 5.41) is 3.95. The van der Waals surface area contributed by atoms with Crippen molar-refractivity contribution < 1.29 is 23.6 Å². The van der Waals surface area contributed by atoms with Gasteiger partial charge in [0.25, 0.3) is 0 Å². The SMILES string of the molecule is COc1cc(/C=N/NC(=O)C[n+]2ccccc2)cc(OC)c1OC. The lowest BCUT2D eigenvalue weighted by Gasteiger charge is -2.12. The lowest BCUT2D eigenvalue weighted by Crippen LogP contribution is -2.40. The lowest BCUT2D eigenvalue weighted by molar-refractivity contribution is -0.684. The molecule has 0 spiro atoms. The van der Waals surface area contributed by atoms with Gasteiger partial charge in [-0.2, -0.15) is 9.67 Å². The summed E-state index contributed by atoms with van der Waals surface area (Å²) in [5.74, 6) is 1.31. The number of hydrogen-bond acceptors (Lipinski definition) is 5. The fourth-order valence-electron chi connectivity index (χ4n) is 2.10. The van der Waals surface area contributed by atoms with Crippen molar-refractivity contribution in [1.29, 1.82) is 0 Å². The van der Waals surface area contributed by atoms with Gasteiger partial charge in [-0.3, -0.25) is 4.79 Å². The molecule has 1 N–H and O–H groups in total. The largest absolute Gasteiger partial charge is 0.493 e. The van der Waals surface area contributed by atoms with Crippen LogP contribution in [0.5, 0.6) is 17.2 Å². The van der Waals surface area contributed by atoms with E-state index in [0.29, 0.717) is 22.8 Å². The molecule has 0 aliphatic rings. The molecular weight excluding hydrogens is 310 g/mol. The number of nitrogens with one attached hydrogen (secondary N) is 1. The van der Waals surface area contributed by atoms with E-state index < -0.39 is 0 Å². The van der Waals surface area contributed by atoms with Gasteiger partial charge in [0.05, 0.1) is 27.5 Å². The van der Waals surface area contributed by atoms with Gasteiger partial charge in [-0.25, -0.2) is 5.43 Å². The van der Waals surface area contributed by atoms with Crippen molar-refractivity contribution in [1.82, 2.24) is 5.43 Å². The maximum Gasteiger partial charge on any atom is 0.305 e. The number of rotatable bonds is 7. The Morgan fingerprint density at radius 3 is 2.25 bits per heavy atom. The van der Waals surface area contributed by atoms with E-state index in [1.165, 1.54) is 27.5 Å². The van der Waals surface area contributed by atoms with Gasteiger partial charge in [0.15, 0.2) is 23.9 Å². The summed E-state index contributed by atoms with van der Waals surface area (Å²) in [6.07, 6.45) is 5.13. The summed E-state index contributed by atoms with van der Waals surface area (Å²) in [4.78, 5) is 11.8. The van der Waals surface area contributed by atoms with E-state index in [1.54, 1.807) is 16.7 Å². The first-order valence-electron chi connectivity index (χ1n) is 7.24. The summed E-state index contributed by atoms with van der Waals surface area (Å²) < 4.78 is 17.5. The predicted molar refractivity (Wildman–Crippen MR) is 88.5 cm³/mol. The van der Waals surface area contributed by atoms with Crippen LogP contribution >= 0.6 is 0 Å². The van der Waals surface area contributed by atoms with Gasteiger partial charge in [0.2, 0.25) is 12.3 Å². The molecule has 0 bridgehead atoms. The average Bonchev–Trinajstić information content (AvgIpc) is 2.61. The number of ether oxygens (including phenoxy) is 3. The standard InChI is InChI=1S/C17H19N3O4/c1-22-14-9-13(10-15(23-2)17(14)24-3)11-18-19-16(21)12-20-7-5-4-6-8-20/h4-11H,12H2,1-3H3/p+1/b18-11+. The zero-order valence-electron chi connectivity index (χ0n) is 13.9. The molecule has 24 heavy (non-hydrogen) atoms. The topological polar surface area (TPSA) is 73.0 Å². The highest BCUT2D eigenvalue weighted by Crippen LogP contribution is 2.37. The average molecular weight is 330 g/mol. The number of carbonyl (C=O) groups excluding carboxylic acids is 1. The van der Waals surface area contributed by atoms with Crippen molar-refractivity contribution in [3.8, 4) is 17.2 Å². The Morgan fingerprint density at radius 1 is 1.08 bits per heavy atom. The van der Waals surface area contributed by atoms with Crippen LogP contribution in [0.3, 0.4) is 0 Å². The Balaban J connectivity index is 2.04. The van der Waals surface area contributed by atoms with E-state index in [2.05, 4.69) is 10.5 Å². The smallest absolute Gasteiger partial charge is 0.305 e. The molecule has 2 rings (SSSR count). The second kappa shape index (κ2) is 8.52. The van der Waals surface area contributed by atoms with E-state index >= 15 is 0 Å². The molecule has 7 heteroatoms. The maximum absolute atomic E-state index is 11.8. The van der Waals surface area contributed by atoms with Crippen molar-refractivity contribution >= 4 is 12.1 Å². The third-order valence-electron chi connectivity index (χ3n) is 3.19. The molecule has 1 amide bonds. The van der Waals surface area contributed by atoms with Crippen LogP contribution in [0.25, 0.3) is 0 Å². The number of carbonyl (C=O) groups is 1. The van der Waals surface area contributed by atoms with Crippen LogP contribution in [0.15, 0.2) is 47.8 Å². The molecule has 0 atom stereocenters. The number of aromatic nitrogens is 1. The van der Waals surface area contributed by atoms with E-state index in [9.17, 15) is 4.79 Å². The summed E-state index contributed by atoms with van der Waals surface area (Å²) in [6, 6.07) is 9.07. The molecule has 126 valence electrons. The molecule has 0 saturated heterocycles. The van der Waals surface area contributed by atoms with Crippen LogP contribution in [0.4, 0.5) is 0 Å². The fraction of sp³-hybridized carbons (Fsp3) is 0.235. The predicted octanol–water partition coefficient (Wildman–Crippen LogP) is 1.15. The van der Waals surface area contributed by atoms with Crippen molar-refractivity contribution in [2.24, 2.45) is 5.10 Å². The molecule has 0 fully saturated rings. The normalized spacial score (nSPS) is 10.5. The highest BCUT2D eigenvalue weighted by molar-refractivity contribution is 5.84. The number of pyridine rings is 1. The summed E-state index contributed by atoms with van der Waals surface area (Å²) in [5.41, 5.74) is 3.19. The van der Waals surface area contributed by atoms with Gasteiger partial charge in [-0.05, 0) is 12.1 Å². The molecular formula is C17H20N3O4+. The van der Waals surface area contributed by atoms with Crippen molar-refractivity contribution in [2.45, 2.75) is 6.54 Å². The lowest BCUT2D eigenvalue weighted by atomic mass is 10.2. The second-order valence-corrected chi connectivity index (χ2v) is 4.80. The quantitative estimate of drug-likeness (QED) is 0.470. The third kappa shape index (κ3) is 4.45. The molecule has 1 heterocycles. The second-order valence-electron chi connectivity index (χ2n) is 4.80. The van der Waals surface area contributed by atoms with Crippen LogP contribution in [0, 0.1) is 0 Å². The highest BCUT2D eigenvalue weighted by Gasteiger charge is 2.12. The van der Waals surface area contributed by atoms with Gasteiger partial charge >= 0.3 is 5.91 Å². The molecule has 0 aliphatic heterocycles. The van der Waals surface area contributed by atoms with E-state index in [4.69, 9.17) is 14.2 Å². The first-order chi connectivity index (χ1) is 11.7. The Morgan fingerprint density at radius 2 is 1.71 bits per heavy atom. The first kappa shape index (κ1) is 17.3. The number of methoxy groups -OCH3 is 3. The molecule has 2 aromatic rings. The summed E-state index contributed by atoms with van der Waals surface area (Å²) >= 11 is 0. The molecule has 0 unspecified atom stereocenters. The molecule has 7 nitrogen and oxygen atoms in total. The van der Waals surface area contributed by atoms with Crippen LogP contribution in [0.1, 0.15) is 5.56 Å². The molecule has 0 saturated carbocycles. The van der Waals surface area contributed by atoms with E-state index in [0.717, 1.165) is 0 Å². The minimum atomic E-state index is -0.227. The Bertz CT molecular complexity index is 692. The van der Waals surface area contributed by atoms with Gasteiger partial charge in [-0.15, -0.1) is 0 Å².